The van der Waals surface area contributed by atoms with E-state index in [1.807, 2.05) is 0 Å². The van der Waals surface area contributed by atoms with Crippen LogP contribution in [-0.4, -0.2) is 37.2 Å². The fraction of sp³-hybridized carbons (Fsp3) is 0.548. The number of hydrogen-bond donors (Lipinski definition) is 0. The van der Waals surface area contributed by atoms with E-state index in [4.69, 9.17) is 14.2 Å². The summed E-state index contributed by atoms with van der Waals surface area (Å²) in [7, 11) is 0. The predicted molar refractivity (Wildman–Crippen MR) is 343 cm³/mol. The van der Waals surface area contributed by atoms with Gasteiger partial charge in [0.25, 0.3) is 0 Å². The number of allylic oxidation sites excluding steroid dienone is 30. The van der Waals surface area contributed by atoms with Gasteiger partial charge in [-0.05, 0) is 154 Å². The van der Waals surface area contributed by atoms with Crippen molar-refractivity contribution in [1.29, 1.82) is 0 Å². The van der Waals surface area contributed by atoms with E-state index in [1.54, 1.807) is 0 Å². The molecule has 0 saturated carbocycles. The molecular formula is C73H112O6. The summed E-state index contributed by atoms with van der Waals surface area (Å²) in [6.07, 6.45) is 97.5. The van der Waals surface area contributed by atoms with Gasteiger partial charge in [0.2, 0.25) is 0 Å². The molecular weight excluding hydrogens is 973 g/mol. The highest BCUT2D eigenvalue weighted by molar-refractivity contribution is 5.71. The molecule has 0 aromatic carbocycles. The summed E-state index contributed by atoms with van der Waals surface area (Å²) < 4.78 is 16.8. The minimum absolute atomic E-state index is 0.115. The van der Waals surface area contributed by atoms with Crippen LogP contribution in [0.4, 0.5) is 0 Å². The molecule has 0 N–H and O–H groups in total. The Kier molecular flexibility index (Phi) is 60.5. The second kappa shape index (κ2) is 65.0. The Hall–Kier alpha value is -5.49. The molecule has 0 aliphatic heterocycles. The molecule has 6 nitrogen and oxygen atoms in total. The molecule has 0 aromatic heterocycles. The second-order valence-electron chi connectivity index (χ2n) is 19.8. The number of ether oxygens (including phenoxy) is 3. The van der Waals surface area contributed by atoms with Crippen molar-refractivity contribution in [3.8, 4) is 0 Å². The molecule has 0 amide bonds. The van der Waals surface area contributed by atoms with Crippen LogP contribution in [0.2, 0.25) is 0 Å². The monoisotopic (exact) mass is 1080 g/mol. The van der Waals surface area contributed by atoms with Gasteiger partial charge in [0.15, 0.2) is 6.10 Å². The average molecular weight is 1090 g/mol. The molecule has 0 saturated heterocycles. The minimum atomic E-state index is -0.821. The van der Waals surface area contributed by atoms with Crippen LogP contribution in [0.5, 0.6) is 0 Å². The highest BCUT2D eigenvalue weighted by Gasteiger charge is 2.19. The summed E-state index contributed by atoms with van der Waals surface area (Å²) in [6.45, 7) is 6.23. The smallest absolute Gasteiger partial charge is 0.306 e. The molecule has 1 unspecified atom stereocenters. The van der Waals surface area contributed by atoms with Crippen molar-refractivity contribution in [1.82, 2.24) is 0 Å². The van der Waals surface area contributed by atoms with Crippen molar-refractivity contribution in [2.75, 3.05) is 13.2 Å². The van der Waals surface area contributed by atoms with E-state index in [1.165, 1.54) is 0 Å². The molecule has 0 rings (SSSR count). The van der Waals surface area contributed by atoms with Crippen LogP contribution in [0.1, 0.15) is 239 Å². The number of hydrogen-bond acceptors (Lipinski definition) is 6. The summed E-state index contributed by atoms with van der Waals surface area (Å²) in [6, 6.07) is 0. The zero-order chi connectivity index (χ0) is 57.1. The lowest BCUT2D eigenvalue weighted by Gasteiger charge is -2.18. The normalized spacial score (nSPS) is 13.4. The summed E-state index contributed by atoms with van der Waals surface area (Å²) in [5.41, 5.74) is 0. The molecule has 0 radical (unpaired) electrons. The maximum Gasteiger partial charge on any atom is 0.306 e. The van der Waals surface area contributed by atoms with Crippen molar-refractivity contribution < 1.29 is 28.6 Å². The molecule has 0 aromatic rings. The van der Waals surface area contributed by atoms with Gasteiger partial charge in [-0.2, -0.15) is 0 Å². The van der Waals surface area contributed by atoms with Crippen molar-refractivity contribution in [3.05, 3.63) is 182 Å². The van der Waals surface area contributed by atoms with Crippen molar-refractivity contribution >= 4 is 17.9 Å². The van der Waals surface area contributed by atoms with E-state index in [2.05, 4.69) is 203 Å². The lowest BCUT2D eigenvalue weighted by atomic mass is 10.1. The molecule has 1 atom stereocenters. The van der Waals surface area contributed by atoms with Gasteiger partial charge in [-0.1, -0.05) is 248 Å². The first-order valence-electron chi connectivity index (χ1n) is 31.3. The fourth-order valence-corrected chi connectivity index (χ4v) is 7.81. The van der Waals surface area contributed by atoms with Gasteiger partial charge < -0.3 is 14.2 Å². The van der Waals surface area contributed by atoms with Crippen LogP contribution in [-0.2, 0) is 28.6 Å². The zero-order valence-electron chi connectivity index (χ0n) is 50.3. The van der Waals surface area contributed by atoms with Crippen LogP contribution in [0.3, 0.4) is 0 Å². The third kappa shape index (κ3) is 63.2. The maximum absolute atomic E-state index is 12.9. The first-order chi connectivity index (χ1) is 39.0. The van der Waals surface area contributed by atoms with Crippen LogP contribution in [0, 0.1) is 0 Å². The van der Waals surface area contributed by atoms with E-state index in [9.17, 15) is 14.4 Å². The number of unbranched alkanes of at least 4 members (excludes halogenated alkanes) is 13. The molecule has 0 spiro atoms. The Balaban J connectivity index is 4.48. The largest absolute Gasteiger partial charge is 0.462 e. The van der Waals surface area contributed by atoms with Crippen LogP contribution in [0.15, 0.2) is 182 Å². The standard InChI is InChI=1S/C73H112O6/c1-4-7-10-13-16-19-22-25-28-30-31-32-33-34-35-36-37-38-39-40-41-43-45-48-51-54-57-60-63-66-72(75)78-69-70(68-77-71(74)65-62-59-56-53-50-47-44-27-24-21-18-15-12-9-6-3)79-73(76)67-64-61-58-55-52-49-46-42-29-26-23-20-17-14-11-8-5-2/h7-12,16-21,25-29,31-32,34-35,37-38,40-41,44-46,48-49,70H,4-6,13-15,22-24,30,33,36,39,42-43,47,50-69H2,1-3H3/b10-7-,11-8-,12-9-,19-16-,20-17-,21-18-,28-25-,29-26-,32-31-,35-34-,38-37-,41-40-,44-27-,48-45-,49-46-. The van der Waals surface area contributed by atoms with E-state index in [0.29, 0.717) is 12.8 Å². The lowest BCUT2D eigenvalue weighted by molar-refractivity contribution is -0.167. The quantitative estimate of drug-likeness (QED) is 0.0261. The Bertz CT molecular complexity index is 1870. The molecule has 6 heteroatoms. The number of esters is 3. The second-order valence-corrected chi connectivity index (χ2v) is 19.8. The van der Waals surface area contributed by atoms with E-state index < -0.39 is 6.10 Å². The van der Waals surface area contributed by atoms with Crippen molar-refractivity contribution in [3.63, 3.8) is 0 Å². The number of carbonyl (C=O) groups is 3. The van der Waals surface area contributed by atoms with Crippen LogP contribution in [0.25, 0.3) is 0 Å². The molecule has 79 heavy (non-hydrogen) atoms. The Morgan fingerprint density at radius 1 is 0.253 bits per heavy atom. The third-order valence-electron chi connectivity index (χ3n) is 12.4. The molecule has 440 valence electrons. The summed E-state index contributed by atoms with van der Waals surface area (Å²) in [5.74, 6) is -0.989. The van der Waals surface area contributed by atoms with E-state index in [-0.39, 0.29) is 37.5 Å². The number of rotatable bonds is 54. The van der Waals surface area contributed by atoms with E-state index >= 15 is 0 Å². The Morgan fingerprint density at radius 2 is 0.456 bits per heavy atom. The third-order valence-corrected chi connectivity index (χ3v) is 12.4. The first kappa shape index (κ1) is 73.5. The van der Waals surface area contributed by atoms with Gasteiger partial charge in [0.05, 0.1) is 0 Å². The lowest BCUT2D eigenvalue weighted by Crippen LogP contribution is -2.30. The molecule has 0 fully saturated rings. The molecule has 0 heterocycles. The van der Waals surface area contributed by atoms with Crippen molar-refractivity contribution in [2.45, 2.75) is 245 Å². The SMILES string of the molecule is CC/C=C\C/C=C\C/C=C\C/C=C\C/C=C\C/C=C\C/C=C\C/C=C\CCCCCCC(=O)OCC(COC(=O)CCCCCCC/C=C\C/C=C\C/C=C\CC)OC(=O)CCCCCC/C=C\C/C=C\C/C=C\C/C=C\CC. The average Bonchev–Trinajstić information content (AvgIpc) is 3.45. The van der Waals surface area contributed by atoms with E-state index in [0.717, 1.165) is 199 Å². The number of carbonyl (C=O) groups excluding carboxylic acids is 3. The fourth-order valence-electron chi connectivity index (χ4n) is 7.81. The van der Waals surface area contributed by atoms with Crippen LogP contribution >= 0.6 is 0 Å². The summed E-state index contributed by atoms with van der Waals surface area (Å²) in [5, 5.41) is 0. The Morgan fingerprint density at radius 3 is 0.709 bits per heavy atom. The minimum Gasteiger partial charge on any atom is -0.462 e. The van der Waals surface area contributed by atoms with Gasteiger partial charge in [-0.15, -0.1) is 0 Å². The van der Waals surface area contributed by atoms with Gasteiger partial charge in [-0.3, -0.25) is 14.4 Å². The summed E-state index contributed by atoms with van der Waals surface area (Å²) >= 11 is 0. The molecule has 0 aliphatic rings. The first-order valence-corrected chi connectivity index (χ1v) is 31.3. The topological polar surface area (TPSA) is 78.9 Å². The summed E-state index contributed by atoms with van der Waals surface area (Å²) in [4.78, 5) is 38.3. The zero-order valence-corrected chi connectivity index (χ0v) is 50.3. The molecule has 0 bridgehead atoms. The van der Waals surface area contributed by atoms with Crippen molar-refractivity contribution in [2.24, 2.45) is 0 Å². The van der Waals surface area contributed by atoms with Gasteiger partial charge in [-0.25, -0.2) is 0 Å². The molecule has 0 aliphatic carbocycles. The Labute approximate surface area is 484 Å². The van der Waals surface area contributed by atoms with Crippen LogP contribution < -0.4 is 0 Å². The highest BCUT2D eigenvalue weighted by Crippen LogP contribution is 2.13. The maximum atomic E-state index is 12.9. The van der Waals surface area contributed by atoms with Gasteiger partial charge in [0.1, 0.15) is 13.2 Å². The van der Waals surface area contributed by atoms with Gasteiger partial charge in [0, 0.05) is 19.3 Å². The highest BCUT2D eigenvalue weighted by atomic mass is 16.6. The van der Waals surface area contributed by atoms with Gasteiger partial charge >= 0.3 is 17.9 Å². The predicted octanol–water partition coefficient (Wildman–Crippen LogP) is 21.7.